The molecule has 0 spiro atoms. The van der Waals surface area contributed by atoms with Crippen LogP contribution in [0.25, 0.3) is 6.08 Å². The van der Waals surface area contributed by atoms with E-state index in [9.17, 15) is 13.6 Å². The van der Waals surface area contributed by atoms with Crippen LogP contribution in [0.2, 0.25) is 0 Å². The third kappa shape index (κ3) is 4.59. The molecule has 6 heteroatoms. The second-order valence-electron chi connectivity index (χ2n) is 5.74. The Morgan fingerprint density at radius 2 is 1.88 bits per heavy atom. The number of likely N-dealkylation sites (N-methyl/N-ethyl adjacent to an activating group) is 1. The molecule has 0 unspecified atom stereocenters. The summed E-state index contributed by atoms with van der Waals surface area (Å²) in [7, 11) is 3.06. The maximum Gasteiger partial charge on any atom is 0.387 e. The first-order valence-corrected chi connectivity index (χ1v) is 7.98. The van der Waals surface area contributed by atoms with Gasteiger partial charge in [0.25, 0.3) is 5.91 Å². The zero-order valence-electron chi connectivity index (χ0n) is 15.1. The molecule has 0 heterocycles. The van der Waals surface area contributed by atoms with Crippen LogP contribution < -0.4 is 14.4 Å². The van der Waals surface area contributed by atoms with Crippen molar-refractivity contribution < 1.29 is 23.0 Å². The van der Waals surface area contributed by atoms with Crippen molar-refractivity contribution in [2.24, 2.45) is 0 Å². The highest BCUT2D eigenvalue weighted by Crippen LogP contribution is 2.30. The highest BCUT2D eigenvalue weighted by Gasteiger charge is 2.12. The minimum absolute atomic E-state index is 0.0570. The molecule has 2 aromatic carbocycles. The van der Waals surface area contributed by atoms with Gasteiger partial charge in [-0.25, -0.2) is 0 Å². The minimum Gasteiger partial charge on any atom is -0.493 e. The number of alkyl halides is 2. The van der Waals surface area contributed by atoms with Crippen LogP contribution >= 0.6 is 0 Å². The predicted molar refractivity (Wildman–Crippen MR) is 98.0 cm³/mol. The van der Waals surface area contributed by atoms with Crippen molar-refractivity contribution in [1.82, 2.24) is 0 Å². The van der Waals surface area contributed by atoms with Crippen molar-refractivity contribution in [3.8, 4) is 11.5 Å². The molecule has 2 rings (SSSR count). The largest absolute Gasteiger partial charge is 0.493 e. The van der Waals surface area contributed by atoms with Crippen LogP contribution in [0.4, 0.5) is 14.5 Å². The van der Waals surface area contributed by atoms with Gasteiger partial charge in [0, 0.05) is 18.8 Å². The van der Waals surface area contributed by atoms with Gasteiger partial charge in [-0.2, -0.15) is 8.78 Å². The Balaban J connectivity index is 2.18. The molecule has 1 amide bonds. The number of methoxy groups -OCH3 is 1. The van der Waals surface area contributed by atoms with Crippen LogP contribution in [-0.4, -0.2) is 26.7 Å². The number of aryl methyl sites for hydroxylation is 1. The van der Waals surface area contributed by atoms with Crippen molar-refractivity contribution >= 4 is 17.7 Å². The molecule has 26 heavy (non-hydrogen) atoms. The lowest BCUT2D eigenvalue weighted by molar-refractivity contribution is -0.113. The summed E-state index contributed by atoms with van der Waals surface area (Å²) in [6, 6.07) is 10.2. The van der Waals surface area contributed by atoms with Gasteiger partial charge in [-0.3, -0.25) is 4.79 Å². The molecule has 0 saturated heterocycles. The van der Waals surface area contributed by atoms with E-state index in [4.69, 9.17) is 4.74 Å². The fraction of sp³-hybridized carbons (Fsp3) is 0.250. The smallest absolute Gasteiger partial charge is 0.387 e. The van der Waals surface area contributed by atoms with Crippen molar-refractivity contribution in [2.45, 2.75) is 20.5 Å². The third-order valence-corrected chi connectivity index (χ3v) is 4.09. The summed E-state index contributed by atoms with van der Waals surface area (Å²) in [5.41, 5.74) is 3.60. The maximum atomic E-state index is 12.4. The molecule has 138 valence electrons. The van der Waals surface area contributed by atoms with Gasteiger partial charge in [0.1, 0.15) is 0 Å². The zero-order chi connectivity index (χ0) is 19.3. The highest BCUT2D eigenvalue weighted by atomic mass is 19.3. The highest BCUT2D eigenvalue weighted by molar-refractivity contribution is 6.04. The van der Waals surface area contributed by atoms with Crippen LogP contribution in [0, 0.1) is 13.8 Å². The molecule has 0 atom stereocenters. The van der Waals surface area contributed by atoms with E-state index < -0.39 is 6.61 Å². The molecule has 0 N–H and O–H groups in total. The molecule has 0 aliphatic carbocycles. The van der Waals surface area contributed by atoms with E-state index in [0.29, 0.717) is 5.56 Å². The summed E-state index contributed by atoms with van der Waals surface area (Å²) in [5, 5.41) is 0. The van der Waals surface area contributed by atoms with Crippen LogP contribution in [0.5, 0.6) is 11.5 Å². The molecular weight excluding hydrogens is 340 g/mol. The summed E-state index contributed by atoms with van der Waals surface area (Å²) in [6.07, 6.45) is 3.02. The van der Waals surface area contributed by atoms with Gasteiger partial charge < -0.3 is 14.4 Å². The molecule has 0 aliphatic heterocycles. The summed E-state index contributed by atoms with van der Waals surface area (Å²) >= 11 is 0. The molecule has 0 bridgehead atoms. The fourth-order valence-corrected chi connectivity index (χ4v) is 2.48. The monoisotopic (exact) mass is 361 g/mol. The summed E-state index contributed by atoms with van der Waals surface area (Å²) in [6.45, 7) is 1.02. The first-order chi connectivity index (χ1) is 12.3. The average Bonchev–Trinajstić information content (AvgIpc) is 2.61. The van der Waals surface area contributed by atoms with Crippen LogP contribution in [-0.2, 0) is 4.79 Å². The maximum absolute atomic E-state index is 12.4. The quantitative estimate of drug-likeness (QED) is 0.707. The standard InChI is InChI=1S/C20H21F2NO3/c1-13-6-5-7-16(14(13)2)23(3)19(24)11-9-15-8-10-17(26-20(21)22)18(12-15)25-4/h5-12,20H,1-4H3/b11-9+. The molecule has 4 nitrogen and oxygen atoms in total. The molecule has 0 radical (unpaired) electrons. The second-order valence-corrected chi connectivity index (χ2v) is 5.74. The van der Waals surface area contributed by atoms with E-state index in [-0.39, 0.29) is 17.4 Å². The lowest BCUT2D eigenvalue weighted by atomic mass is 10.1. The van der Waals surface area contributed by atoms with E-state index in [1.54, 1.807) is 24.1 Å². The van der Waals surface area contributed by atoms with Gasteiger partial charge in [0.05, 0.1) is 7.11 Å². The number of amides is 1. The van der Waals surface area contributed by atoms with E-state index in [2.05, 4.69) is 4.74 Å². The van der Waals surface area contributed by atoms with E-state index in [1.165, 1.54) is 25.3 Å². The van der Waals surface area contributed by atoms with Gasteiger partial charge in [-0.05, 0) is 54.8 Å². The zero-order valence-corrected chi connectivity index (χ0v) is 15.1. The SMILES string of the molecule is COc1cc(/C=C/C(=O)N(C)c2cccc(C)c2C)ccc1OC(F)F. The Labute approximate surface area is 151 Å². The number of hydrogen-bond donors (Lipinski definition) is 0. The van der Waals surface area contributed by atoms with E-state index >= 15 is 0 Å². The normalized spacial score (nSPS) is 11.0. The van der Waals surface area contributed by atoms with Crippen molar-refractivity contribution in [2.75, 3.05) is 19.1 Å². The first kappa shape index (κ1) is 19.4. The third-order valence-electron chi connectivity index (χ3n) is 4.09. The Morgan fingerprint density at radius 1 is 1.15 bits per heavy atom. The fourth-order valence-electron chi connectivity index (χ4n) is 2.48. The molecule has 0 fully saturated rings. The predicted octanol–water partition coefficient (Wildman–Crippen LogP) is 4.59. The van der Waals surface area contributed by atoms with Gasteiger partial charge in [-0.15, -0.1) is 0 Å². The van der Waals surface area contributed by atoms with Crippen LogP contribution in [0.15, 0.2) is 42.5 Å². The van der Waals surface area contributed by atoms with Gasteiger partial charge >= 0.3 is 6.61 Å². The van der Waals surface area contributed by atoms with Gasteiger partial charge in [0.2, 0.25) is 0 Å². The second kappa shape index (κ2) is 8.47. The van der Waals surface area contributed by atoms with Gasteiger partial charge in [-0.1, -0.05) is 18.2 Å². The Bertz CT molecular complexity index is 819. The number of hydrogen-bond acceptors (Lipinski definition) is 3. The van der Waals surface area contributed by atoms with Crippen molar-refractivity contribution in [3.05, 3.63) is 59.2 Å². The van der Waals surface area contributed by atoms with Crippen molar-refractivity contribution in [3.63, 3.8) is 0 Å². The lowest BCUT2D eigenvalue weighted by Gasteiger charge is -2.19. The number of anilines is 1. The van der Waals surface area contributed by atoms with E-state index in [0.717, 1.165) is 16.8 Å². The first-order valence-electron chi connectivity index (χ1n) is 7.98. The number of benzene rings is 2. The van der Waals surface area contributed by atoms with E-state index in [1.807, 2.05) is 32.0 Å². The molecule has 2 aromatic rings. The molecule has 0 aliphatic rings. The van der Waals surface area contributed by atoms with Crippen molar-refractivity contribution in [1.29, 1.82) is 0 Å². The Morgan fingerprint density at radius 3 is 2.54 bits per heavy atom. The molecule has 0 saturated carbocycles. The number of halogens is 2. The summed E-state index contributed by atoms with van der Waals surface area (Å²) < 4.78 is 34.2. The number of carbonyl (C=O) groups is 1. The number of ether oxygens (including phenoxy) is 2. The summed E-state index contributed by atoms with van der Waals surface area (Å²) in [4.78, 5) is 14.0. The topological polar surface area (TPSA) is 38.8 Å². The minimum atomic E-state index is -2.93. The molecular formula is C20H21F2NO3. The number of rotatable bonds is 6. The Hall–Kier alpha value is -2.89. The van der Waals surface area contributed by atoms with Crippen LogP contribution in [0.1, 0.15) is 16.7 Å². The molecule has 0 aromatic heterocycles. The lowest BCUT2D eigenvalue weighted by Crippen LogP contribution is -2.24. The number of carbonyl (C=O) groups excluding carboxylic acids is 1. The van der Waals surface area contributed by atoms with Crippen LogP contribution in [0.3, 0.4) is 0 Å². The summed E-state index contributed by atoms with van der Waals surface area (Å²) in [5.74, 6) is -0.0909. The van der Waals surface area contributed by atoms with Gasteiger partial charge in [0.15, 0.2) is 11.5 Å². The average molecular weight is 361 g/mol. The Kier molecular flexibility index (Phi) is 6.33. The number of nitrogens with zero attached hydrogens (tertiary/aromatic N) is 1.